The van der Waals surface area contributed by atoms with Gasteiger partial charge >= 0.3 is 0 Å². The molecule has 3 rings (SSSR count). The fourth-order valence-electron chi connectivity index (χ4n) is 3.51. The Morgan fingerprint density at radius 2 is 2.07 bits per heavy atom. The van der Waals surface area contributed by atoms with Crippen molar-refractivity contribution in [1.29, 1.82) is 0 Å². The molecule has 1 fully saturated rings. The Labute approximate surface area is 158 Å². The van der Waals surface area contributed by atoms with Crippen molar-refractivity contribution in [2.45, 2.75) is 38.6 Å². The molecule has 5 nitrogen and oxygen atoms in total. The largest absolute Gasteiger partial charge is 0.356 e. The molecular formula is C21H24FN3O2. The molecule has 0 radical (unpaired) electrons. The predicted octanol–water partition coefficient (Wildman–Crippen LogP) is 3.31. The fraction of sp³-hybridized carbons (Fsp3) is 0.381. The van der Waals surface area contributed by atoms with E-state index >= 15 is 0 Å². The summed E-state index contributed by atoms with van der Waals surface area (Å²) in [7, 11) is 0. The highest BCUT2D eigenvalue weighted by Crippen LogP contribution is 2.24. The molecule has 2 N–H and O–H groups in total. The molecule has 1 aliphatic carbocycles. The minimum atomic E-state index is -0.317. The smallest absolute Gasteiger partial charge is 0.253 e. The van der Waals surface area contributed by atoms with Crippen molar-refractivity contribution in [3.8, 4) is 11.3 Å². The number of amides is 2. The average Bonchev–Trinajstić information content (AvgIpc) is 2.67. The van der Waals surface area contributed by atoms with Crippen LogP contribution in [0.15, 0.2) is 42.6 Å². The summed E-state index contributed by atoms with van der Waals surface area (Å²) < 4.78 is 13.3. The molecule has 1 aliphatic rings. The molecule has 0 bridgehead atoms. The Hall–Kier alpha value is -2.76. The van der Waals surface area contributed by atoms with Crippen LogP contribution in [-0.4, -0.2) is 29.4 Å². The molecule has 2 aromatic rings. The Morgan fingerprint density at radius 3 is 2.78 bits per heavy atom. The lowest BCUT2D eigenvalue weighted by Gasteiger charge is -2.29. The van der Waals surface area contributed by atoms with E-state index in [9.17, 15) is 14.0 Å². The molecule has 1 aromatic heterocycles. The molecule has 0 saturated heterocycles. The maximum absolute atomic E-state index is 13.3. The average molecular weight is 369 g/mol. The first-order chi connectivity index (χ1) is 13.0. The molecule has 0 unspecified atom stereocenters. The quantitative estimate of drug-likeness (QED) is 0.849. The van der Waals surface area contributed by atoms with Crippen molar-refractivity contribution in [2.24, 2.45) is 5.92 Å². The van der Waals surface area contributed by atoms with Crippen molar-refractivity contribution in [3.63, 3.8) is 0 Å². The first-order valence-electron chi connectivity index (χ1n) is 9.28. The highest BCUT2D eigenvalue weighted by molar-refractivity contribution is 5.94. The van der Waals surface area contributed by atoms with Gasteiger partial charge in [0, 0.05) is 31.3 Å². The SMILES string of the molecule is CC(=O)NC[C@@H]1CCC[C@H](NC(=O)c2ccc(-c3cccc(F)c3)nc2)C1. The van der Waals surface area contributed by atoms with E-state index in [0.717, 1.165) is 25.7 Å². The molecule has 6 heteroatoms. The van der Waals surface area contributed by atoms with Crippen molar-refractivity contribution < 1.29 is 14.0 Å². The minimum Gasteiger partial charge on any atom is -0.356 e. The van der Waals surface area contributed by atoms with Crippen LogP contribution in [0, 0.1) is 11.7 Å². The van der Waals surface area contributed by atoms with Crippen LogP contribution in [-0.2, 0) is 4.79 Å². The van der Waals surface area contributed by atoms with E-state index in [1.165, 1.54) is 25.3 Å². The number of pyridine rings is 1. The molecule has 142 valence electrons. The summed E-state index contributed by atoms with van der Waals surface area (Å²) in [5.41, 5.74) is 1.79. The van der Waals surface area contributed by atoms with Gasteiger partial charge in [-0.05, 0) is 49.4 Å². The number of benzene rings is 1. The second-order valence-corrected chi connectivity index (χ2v) is 7.08. The summed E-state index contributed by atoms with van der Waals surface area (Å²) in [4.78, 5) is 27.9. The van der Waals surface area contributed by atoms with E-state index in [1.54, 1.807) is 24.3 Å². The van der Waals surface area contributed by atoms with Gasteiger partial charge < -0.3 is 10.6 Å². The Bertz CT molecular complexity index is 807. The van der Waals surface area contributed by atoms with Crippen LogP contribution >= 0.6 is 0 Å². The lowest BCUT2D eigenvalue weighted by molar-refractivity contribution is -0.119. The number of nitrogens with one attached hydrogen (secondary N) is 2. The van der Waals surface area contributed by atoms with Gasteiger partial charge in [0.1, 0.15) is 5.82 Å². The lowest BCUT2D eigenvalue weighted by Crippen LogP contribution is -2.40. The van der Waals surface area contributed by atoms with E-state index in [4.69, 9.17) is 0 Å². The highest BCUT2D eigenvalue weighted by atomic mass is 19.1. The molecule has 1 heterocycles. The molecule has 1 aromatic carbocycles. The molecule has 27 heavy (non-hydrogen) atoms. The zero-order chi connectivity index (χ0) is 19.2. The van der Waals surface area contributed by atoms with Crippen LogP contribution < -0.4 is 10.6 Å². The summed E-state index contributed by atoms with van der Waals surface area (Å²) in [6.45, 7) is 2.17. The molecule has 2 atom stereocenters. The number of rotatable bonds is 5. The van der Waals surface area contributed by atoms with Crippen LogP contribution in [0.25, 0.3) is 11.3 Å². The first kappa shape index (κ1) is 19.0. The van der Waals surface area contributed by atoms with E-state index in [2.05, 4.69) is 15.6 Å². The zero-order valence-corrected chi connectivity index (χ0v) is 15.4. The molecule has 0 aliphatic heterocycles. The first-order valence-corrected chi connectivity index (χ1v) is 9.28. The van der Waals surface area contributed by atoms with Gasteiger partial charge in [0.2, 0.25) is 5.91 Å². The minimum absolute atomic E-state index is 0.0226. The third kappa shape index (κ3) is 5.36. The van der Waals surface area contributed by atoms with Gasteiger partial charge in [0.15, 0.2) is 0 Å². The zero-order valence-electron chi connectivity index (χ0n) is 15.4. The second kappa shape index (κ2) is 8.75. The van der Waals surface area contributed by atoms with Crippen LogP contribution in [0.5, 0.6) is 0 Å². The summed E-state index contributed by atoms with van der Waals surface area (Å²) in [6, 6.07) is 9.75. The summed E-state index contributed by atoms with van der Waals surface area (Å²) in [5.74, 6) is -0.104. The van der Waals surface area contributed by atoms with Crippen molar-refractivity contribution in [1.82, 2.24) is 15.6 Å². The number of hydrogen-bond acceptors (Lipinski definition) is 3. The van der Waals surface area contributed by atoms with E-state index in [-0.39, 0.29) is 23.7 Å². The Balaban J connectivity index is 1.58. The van der Waals surface area contributed by atoms with Crippen molar-refractivity contribution in [3.05, 3.63) is 54.0 Å². The number of aromatic nitrogens is 1. The summed E-state index contributed by atoms with van der Waals surface area (Å²) in [5, 5.41) is 5.93. The standard InChI is InChI=1S/C21H24FN3O2/c1-14(26)23-12-15-4-2-7-19(10-15)25-21(27)17-8-9-20(24-13-17)16-5-3-6-18(22)11-16/h3,5-6,8-9,11,13,15,19H,2,4,7,10,12H2,1H3,(H,23,26)(H,25,27)/t15-,19+/m1/s1. The Kier molecular flexibility index (Phi) is 6.16. The number of carbonyl (C=O) groups excluding carboxylic acids is 2. The van der Waals surface area contributed by atoms with Crippen LogP contribution in [0.4, 0.5) is 4.39 Å². The van der Waals surface area contributed by atoms with E-state index in [1.807, 2.05) is 0 Å². The predicted molar refractivity (Wildman–Crippen MR) is 102 cm³/mol. The van der Waals surface area contributed by atoms with Crippen molar-refractivity contribution >= 4 is 11.8 Å². The maximum atomic E-state index is 13.3. The van der Waals surface area contributed by atoms with Crippen LogP contribution in [0.2, 0.25) is 0 Å². The Morgan fingerprint density at radius 1 is 1.22 bits per heavy atom. The normalized spacial score (nSPS) is 19.3. The van der Waals surface area contributed by atoms with Crippen LogP contribution in [0.3, 0.4) is 0 Å². The van der Waals surface area contributed by atoms with Gasteiger partial charge in [0.25, 0.3) is 5.91 Å². The number of halogens is 1. The number of carbonyl (C=O) groups is 2. The summed E-state index contributed by atoms with van der Waals surface area (Å²) in [6.07, 6.45) is 5.42. The number of nitrogens with zero attached hydrogens (tertiary/aromatic N) is 1. The van der Waals surface area contributed by atoms with Gasteiger partial charge in [-0.1, -0.05) is 18.6 Å². The molecule has 1 saturated carbocycles. The van der Waals surface area contributed by atoms with E-state index in [0.29, 0.717) is 29.3 Å². The molecule has 0 spiro atoms. The van der Waals surface area contributed by atoms with Crippen molar-refractivity contribution in [2.75, 3.05) is 6.54 Å². The summed E-state index contributed by atoms with van der Waals surface area (Å²) >= 11 is 0. The van der Waals surface area contributed by atoms with Gasteiger partial charge in [-0.25, -0.2) is 4.39 Å². The molecular weight excluding hydrogens is 345 g/mol. The highest BCUT2D eigenvalue weighted by Gasteiger charge is 2.23. The monoisotopic (exact) mass is 369 g/mol. The number of hydrogen-bond donors (Lipinski definition) is 2. The second-order valence-electron chi connectivity index (χ2n) is 7.08. The van der Waals surface area contributed by atoms with Gasteiger partial charge in [-0.15, -0.1) is 0 Å². The van der Waals surface area contributed by atoms with Gasteiger partial charge in [-0.3, -0.25) is 14.6 Å². The fourth-order valence-corrected chi connectivity index (χ4v) is 3.51. The van der Waals surface area contributed by atoms with Gasteiger partial charge in [0.05, 0.1) is 11.3 Å². The third-order valence-corrected chi connectivity index (χ3v) is 4.90. The maximum Gasteiger partial charge on any atom is 0.253 e. The van der Waals surface area contributed by atoms with Crippen LogP contribution in [0.1, 0.15) is 43.0 Å². The third-order valence-electron chi connectivity index (χ3n) is 4.90. The lowest BCUT2D eigenvalue weighted by atomic mass is 9.85. The van der Waals surface area contributed by atoms with Gasteiger partial charge in [-0.2, -0.15) is 0 Å². The topological polar surface area (TPSA) is 71.1 Å². The van der Waals surface area contributed by atoms with E-state index < -0.39 is 0 Å². The molecule has 2 amide bonds.